The number of likely N-dealkylation sites (tertiary alicyclic amines) is 1. The Bertz CT molecular complexity index is 283. The van der Waals surface area contributed by atoms with Gasteiger partial charge >= 0.3 is 0 Å². The van der Waals surface area contributed by atoms with E-state index in [2.05, 4.69) is 31.0 Å². The third-order valence-electron chi connectivity index (χ3n) is 5.07. The summed E-state index contributed by atoms with van der Waals surface area (Å²) in [6.45, 7) is 9.94. The summed E-state index contributed by atoms with van der Waals surface area (Å²) in [4.78, 5) is 2.71. The summed E-state index contributed by atoms with van der Waals surface area (Å²) in [6.07, 6.45) is 7.05. The predicted octanol–water partition coefficient (Wildman–Crippen LogP) is 2.64. The third kappa shape index (κ3) is 2.68. The van der Waals surface area contributed by atoms with Gasteiger partial charge in [0.05, 0.1) is 0 Å². The van der Waals surface area contributed by atoms with Gasteiger partial charge in [0, 0.05) is 31.2 Å². The lowest BCUT2D eigenvalue weighted by Gasteiger charge is -2.23. The molecule has 0 aromatic rings. The molecule has 1 aliphatic heterocycles. The average Bonchev–Trinajstić information content (AvgIpc) is 2.92. The van der Waals surface area contributed by atoms with Crippen molar-refractivity contribution in [3.63, 3.8) is 0 Å². The molecule has 0 amide bonds. The van der Waals surface area contributed by atoms with E-state index in [4.69, 9.17) is 0 Å². The first-order valence-electron chi connectivity index (χ1n) is 7.54. The van der Waals surface area contributed by atoms with Crippen molar-refractivity contribution in [3.05, 3.63) is 0 Å². The first-order valence-corrected chi connectivity index (χ1v) is 7.54. The van der Waals surface area contributed by atoms with E-state index in [0.29, 0.717) is 5.41 Å². The number of nitrogens with one attached hydrogen (secondary N) is 1. The van der Waals surface area contributed by atoms with E-state index < -0.39 is 0 Å². The van der Waals surface area contributed by atoms with Crippen molar-refractivity contribution < 1.29 is 0 Å². The van der Waals surface area contributed by atoms with Crippen molar-refractivity contribution >= 4 is 0 Å². The van der Waals surface area contributed by atoms with Gasteiger partial charge in [-0.3, -0.25) is 4.90 Å². The van der Waals surface area contributed by atoms with Gasteiger partial charge in [0.1, 0.15) is 0 Å². The Morgan fingerprint density at radius 2 is 1.88 bits per heavy atom. The van der Waals surface area contributed by atoms with Gasteiger partial charge in [-0.15, -0.1) is 0 Å². The van der Waals surface area contributed by atoms with Crippen molar-refractivity contribution in [1.29, 1.82) is 0 Å². The van der Waals surface area contributed by atoms with Gasteiger partial charge in [-0.25, -0.2) is 0 Å². The lowest BCUT2D eigenvalue weighted by atomic mass is 9.91. The van der Waals surface area contributed by atoms with Gasteiger partial charge < -0.3 is 5.32 Å². The van der Waals surface area contributed by atoms with Crippen LogP contribution in [-0.2, 0) is 0 Å². The van der Waals surface area contributed by atoms with Crippen molar-refractivity contribution in [2.75, 3.05) is 13.1 Å². The van der Waals surface area contributed by atoms with E-state index in [1.54, 1.807) is 0 Å². The van der Waals surface area contributed by atoms with Crippen molar-refractivity contribution in [3.8, 4) is 0 Å². The molecular formula is C15H28N2. The second-order valence-corrected chi connectivity index (χ2v) is 7.53. The Labute approximate surface area is 106 Å². The molecule has 0 aromatic heterocycles. The molecule has 1 saturated heterocycles. The first kappa shape index (κ1) is 12.0. The highest BCUT2D eigenvalue weighted by atomic mass is 15.2. The number of rotatable bonds is 3. The number of hydrogen-bond donors (Lipinski definition) is 1. The van der Waals surface area contributed by atoms with Crippen LogP contribution in [0.3, 0.4) is 0 Å². The van der Waals surface area contributed by atoms with E-state index in [1.807, 2.05) is 0 Å². The lowest BCUT2D eigenvalue weighted by Crippen LogP contribution is -2.41. The van der Waals surface area contributed by atoms with Crippen molar-refractivity contribution in [2.24, 2.45) is 11.3 Å². The molecule has 17 heavy (non-hydrogen) atoms. The molecule has 3 aliphatic rings. The van der Waals surface area contributed by atoms with Crippen LogP contribution in [0.4, 0.5) is 0 Å². The Balaban J connectivity index is 1.50. The highest BCUT2D eigenvalue weighted by Gasteiger charge is 2.39. The summed E-state index contributed by atoms with van der Waals surface area (Å²) in [7, 11) is 0. The van der Waals surface area contributed by atoms with Crippen LogP contribution in [0, 0.1) is 11.3 Å². The van der Waals surface area contributed by atoms with Crippen molar-refractivity contribution in [2.45, 2.75) is 71.0 Å². The molecule has 98 valence electrons. The van der Waals surface area contributed by atoms with Crippen LogP contribution >= 0.6 is 0 Å². The van der Waals surface area contributed by atoms with Crippen molar-refractivity contribution in [1.82, 2.24) is 10.2 Å². The summed E-state index contributed by atoms with van der Waals surface area (Å²) < 4.78 is 0. The van der Waals surface area contributed by atoms with Gasteiger partial charge in [0.2, 0.25) is 0 Å². The van der Waals surface area contributed by atoms with Gasteiger partial charge in [-0.05, 0) is 43.4 Å². The van der Waals surface area contributed by atoms with Gasteiger partial charge in [0.25, 0.3) is 0 Å². The summed E-state index contributed by atoms with van der Waals surface area (Å²) in [5.41, 5.74) is 0.561. The van der Waals surface area contributed by atoms with E-state index in [0.717, 1.165) is 24.0 Å². The zero-order chi connectivity index (χ0) is 12.0. The summed E-state index contributed by atoms with van der Waals surface area (Å²) in [5, 5.41) is 3.95. The summed E-state index contributed by atoms with van der Waals surface area (Å²) >= 11 is 0. The molecule has 2 aliphatic carbocycles. The molecule has 0 spiro atoms. The molecule has 2 heteroatoms. The molecule has 0 radical (unpaired) electrons. The molecule has 3 fully saturated rings. The van der Waals surface area contributed by atoms with E-state index in [-0.39, 0.29) is 0 Å². The van der Waals surface area contributed by atoms with Crippen LogP contribution < -0.4 is 5.32 Å². The average molecular weight is 236 g/mol. The van der Waals surface area contributed by atoms with E-state index in [1.165, 1.54) is 45.2 Å². The summed E-state index contributed by atoms with van der Waals surface area (Å²) in [5.74, 6) is 0.861. The monoisotopic (exact) mass is 236 g/mol. The van der Waals surface area contributed by atoms with E-state index in [9.17, 15) is 0 Å². The Morgan fingerprint density at radius 1 is 1.12 bits per heavy atom. The molecular weight excluding hydrogens is 208 g/mol. The number of hydrogen-bond acceptors (Lipinski definition) is 2. The zero-order valence-electron chi connectivity index (χ0n) is 11.7. The molecule has 2 nitrogen and oxygen atoms in total. The van der Waals surface area contributed by atoms with Crippen LogP contribution in [0.15, 0.2) is 0 Å². The Morgan fingerprint density at radius 3 is 2.47 bits per heavy atom. The topological polar surface area (TPSA) is 15.3 Å². The second kappa shape index (κ2) is 4.24. The highest BCUT2D eigenvalue weighted by molar-refractivity contribution is 4.96. The summed E-state index contributed by atoms with van der Waals surface area (Å²) in [6, 6.07) is 2.50. The Hall–Kier alpha value is -0.0800. The molecule has 2 saturated carbocycles. The fraction of sp³-hybridized carbons (Fsp3) is 1.00. The third-order valence-corrected chi connectivity index (χ3v) is 5.07. The zero-order valence-corrected chi connectivity index (χ0v) is 11.7. The van der Waals surface area contributed by atoms with Gasteiger partial charge in [0.15, 0.2) is 0 Å². The lowest BCUT2D eigenvalue weighted by molar-refractivity contribution is 0.302. The normalized spacial score (nSPS) is 42.2. The molecule has 0 aromatic carbocycles. The van der Waals surface area contributed by atoms with Gasteiger partial charge in [-0.2, -0.15) is 0 Å². The van der Waals surface area contributed by atoms with Crippen LogP contribution in [0.2, 0.25) is 0 Å². The van der Waals surface area contributed by atoms with Crippen LogP contribution in [-0.4, -0.2) is 36.1 Å². The molecule has 0 bridgehead atoms. The fourth-order valence-electron chi connectivity index (χ4n) is 4.11. The fourth-order valence-corrected chi connectivity index (χ4v) is 4.11. The Kier molecular flexibility index (Phi) is 2.99. The van der Waals surface area contributed by atoms with Crippen LogP contribution in [0.1, 0.15) is 52.9 Å². The van der Waals surface area contributed by atoms with Crippen LogP contribution in [0.5, 0.6) is 0 Å². The minimum absolute atomic E-state index is 0.561. The SMILES string of the molecule is CC1CC(C)(C)CC1NC1CCN(C2CC2)C1. The smallest absolute Gasteiger partial charge is 0.0210 e. The van der Waals surface area contributed by atoms with E-state index >= 15 is 0 Å². The van der Waals surface area contributed by atoms with Gasteiger partial charge in [-0.1, -0.05) is 20.8 Å². The predicted molar refractivity (Wildman–Crippen MR) is 72.1 cm³/mol. The standard InChI is InChI=1S/C15H28N2/c1-11-8-15(2,3)9-14(11)16-12-6-7-17(10-12)13-4-5-13/h11-14,16H,4-10H2,1-3H3. The minimum atomic E-state index is 0.561. The second-order valence-electron chi connectivity index (χ2n) is 7.53. The number of nitrogens with zero attached hydrogens (tertiary/aromatic N) is 1. The molecule has 3 unspecified atom stereocenters. The molecule has 3 rings (SSSR count). The highest BCUT2D eigenvalue weighted by Crippen LogP contribution is 2.41. The molecule has 1 heterocycles. The molecule has 1 N–H and O–H groups in total. The molecule has 3 atom stereocenters. The first-order chi connectivity index (χ1) is 8.03. The maximum absolute atomic E-state index is 3.95. The largest absolute Gasteiger partial charge is 0.310 e. The van der Waals surface area contributed by atoms with Crippen LogP contribution in [0.25, 0.3) is 0 Å². The minimum Gasteiger partial charge on any atom is -0.310 e. The maximum atomic E-state index is 3.95. The quantitative estimate of drug-likeness (QED) is 0.810. The maximum Gasteiger partial charge on any atom is 0.0210 e.